The first-order chi connectivity index (χ1) is 8.09. The Hall–Kier alpha value is -0.960. The third-order valence-electron chi connectivity index (χ3n) is 3.80. The number of benzene rings is 1. The SMILES string of the molecule is CCCNCC1CC1(C)c1cccc(F)c1F. The second-order valence-electron chi connectivity index (χ2n) is 5.12. The number of hydrogen-bond acceptors (Lipinski definition) is 1. The summed E-state index contributed by atoms with van der Waals surface area (Å²) in [6, 6.07) is 4.47. The van der Waals surface area contributed by atoms with Gasteiger partial charge in [0.15, 0.2) is 11.6 Å². The Morgan fingerprint density at radius 1 is 1.41 bits per heavy atom. The van der Waals surface area contributed by atoms with Crippen LogP contribution in [0.2, 0.25) is 0 Å². The van der Waals surface area contributed by atoms with Gasteiger partial charge in [-0.05, 0) is 48.9 Å². The first-order valence-electron chi connectivity index (χ1n) is 6.24. The van der Waals surface area contributed by atoms with E-state index in [1.807, 2.05) is 6.92 Å². The van der Waals surface area contributed by atoms with E-state index in [4.69, 9.17) is 0 Å². The normalized spacial score (nSPS) is 27.2. The van der Waals surface area contributed by atoms with E-state index < -0.39 is 11.6 Å². The molecular formula is C14H19F2N. The van der Waals surface area contributed by atoms with E-state index in [1.54, 1.807) is 12.1 Å². The fourth-order valence-corrected chi connectivity index (χ4v) is 2.48. The third kappa shape index (κ3) is 2.34. The monoisotopic (exact) mass is 239 g/mol. The Kier molecular flexibility index (Phi) is 3.48. The highest BCUT2D eigenvalue weighted by atomic mass is 19.2. The molecule has 0 aliphatic heterocycles. The molecule has 0 aromatic heterocycles. The van der Waals surface area contributed by atoms with Crippen LogP contribution in [0.15, 0.2) is 18.2 Å². The lowest BCUT2D eigenvalue weighted by molar-refractivity contribution is 0.478. The maximum atomic E-state index is 13.7. The average Bonchev–Trinajstić information content (AvgIpc) is 2.95. The lowest BCUT2D eigenvalue weighted by Crippen LogP contribution is -2.21. The van der Waals surface area contributed by atoms with Gasteiger partial charge in [0.1, 0.15) is 0 Å². The summed E-state index contributed by atoms with van der Waals surface area (Å²) >= 11 is 0. The maximum Gasteiger partial charge on any atom is 0.162 e. The highest BCUT2D eigenvalue weighted by molar-refractivity contribution is 5.34. The van der Waals surface area contributed by atoms with Gasteiger partial charge in [-0.2, -0.15) is 0 Å². The summed E-state index contributed by atoms with van der Waals surface area (Å²) in [5.41, 5.74) is 0.341. The van der Waals surface area contributed by atoms with Crippen molar-refractivity contribution in [1.82, 2.24) is 5.32 Å². The minimum Gasteiger partial charge on any atom is -0.316 e. The van der Waals surface area contributed by atoms with Crippen molar-refractivity contribution < 1.29 is 8.78 Å². The molecular weight excluding hydrogens is 220 g/mol. The van der Waals surface area contributed by atoms with Crippen LogP contribution in [-0.2, 0) is 5.41 Å². The fourth-order valence-electron chi connectivity index (χ4n) is 2.48. The van der Waals surface area contributed by atoms with Crippen LogP contribution in [0.25, 0.3) is 0 Å². The molecule has 1 fully saturated rings. The van der Waals surface area contributed by atoms with E-state index in [9.17, 15) is 8.78 Å². The zero-order valence-corrected chi connectivity index (χ0v) is 10.4. The van der Waals surface area contributed by atoms with E-state index in [-0.39, 0.29) is 5.41 Å². The third-order valence-corrected chi connectivity index (χ3v) is 3.80. The molecule has 0 spiro atoms. The lowest BCUT2D eigenvalue weighted by atomic mass is 9.94. The molecule has 0 heterocycles. The van der Waals surface area contributed by atoms with Gasteiger partial charge in [0.05, 0.1) is 0 Å². The first-order valence-corrected chi connectivity index (χ1v) is 6.24. The summed E-state index contributed by atoms with van der Waals surface area (Å²) in [5, 5.41) is 3.34. The maximum absolute atomic E-state index is 13.7. The van der Waals surface area contributed by atoms with E-state index in [0.717, 1.165) is 25.9 Å². The van der Waals surface area contributed by atoms with Gasteiger partial charge in [0.2, 0.25) is 0 Å². The molecule has 0 amide bonds. The summed E-state index contributed by atoms with van der Waals surface area (Å²) in [7, 11) is 0. The summed E-state index contributed by atoms with van der Waals surface area (Å²) in [6.07, 6.45) is 2.03. The molecule has 1 saturated carbocycles. The molecule has 0 radical (unpaired) electrons. The smallest absolute Gasteiger partial charge is 0.162 e. The predicted molar refractivity (Wildman–Crippen MR) is 65.0 cm³/mol. The van der Waals surface area contributed by atoms with Gasteiger partial charge in [-0.3, -0.25) is 0 Å². The second kappa shape index (κ2) is 4.73. The van der Waals surface area contributed by atoms with Crippen molar-refractivity contribution in [3.8, 4) is 0 Å². The molecule has 2 rings (SSSR count). The lowest BCUT2D eigenvalue weighted by Gasteiger charge is -2.13. The first kappa shape index (κ1) is 12.5. The van der Waals surface area contributed by atoms with Crippen molar-refractivity contribution in [3.63, 3.8) is 0 Å². The van der Waals surface area contributed by atoms with Crippen LogP contribution < -0.4 is 5.32 Å². The molecule has 3 heteroatoms. The van der Waals surface area contributed by atoms with Crippen LogP contribution in [-0.4, -0.2) is 13.1 Å². The zero-order chi connectivity index (χ0) is 12.5. The molecule has 1 aromatic carbocycles. The van der Waals surface area contributed by atoms with Crippen LogP contribution in [0.1, 0.15) is 32.3 Å². The van der Waals surface area contributed by atoms with Crippen LogP contribution in [0.5, 0.6) is 0 Å². The van der Waals surface area contributed by atoms with Gasteiger partial charge in [-0.15, -0.1) is 0 Å². The quantitative estimate of drug-likeness (QED) is 0.778. The molecule has 2 atom stereocenters. The Bertz CT molecular complexity index is 405. The molecule has 17 heavy (non-hydrogen) atoms. The number of halogens is 2. The van der Waals surface area contributed by atoms with Crippen molar-refractivity contribution in [1.29, 1.82) is 0 Å². The van der Waals surface area contributed by atoms with Crippen molar-refractivity contribution in [2.75, 3.05) is 13.1 Å². The topological polar surface area (TPSA) is 12.0 Å². The molecule has 94 valence electrons. The van der Waals surface area contributed by atoms with Gasteiger partial charge in [0, 0.05) is 0 Å². The second-order valence-corrected chi connectivity index (χ2v) is 5.12. The Morgan fingerprint density at radius 3 is 2.88 bits per heavy atom. The van der Waals surface area contributed by atoms with E-state index in [2.05, 4.69) is 12.2 Å². The van der Waals surface area contributed by atoms with Crippen molar-refractivity contribution >= 4 is 0 Å². The minimum atomic E-state index is -0.740. The highest BCUT2D eigenvalue weighted by Gasteiger charge is 2.52. The Morgan fingerprint density at radius 2 is 2.18 bits per heavy atom. The van der Waals surface area contributed by atoms with Gasteiger partial charge in [-0.1, -0.05) is 26.0 Å². The average molecular weight is 239 g/mol. The molecule has 2 unspecified atom stereocenters. The van der Waals surface area contributed by atoms with Gasteiger partial charge < -0.3 is 5.32 Å². The number of nitrogens with one attached hydrogen (secondary N) is 1. The zero-order valence-electron chi connectivity index (χ0n) is 10.4. The standard InChI is InChI=1S/C14H19F2N/c1-3-7-17-9-10-8-14(10,2)11-5-4-6-12(15)13(11)16/h4-6,10,17H,3,7-9H2,1-2H3. The highest BCUT2D eigenvalue weighted by Crippen LogP contribution is 2.54. The molecule has 1 aliphatic carbocycles. The summed E-state index contributed by atoms with van der Waals surface area (Å²) in [6.45, 7) is 6.01. The molecule has 1 aromatic rings. The van der Waals surface area contributed by atoms with Crippen LogP contribution >= 0.6 is 0 Å². The van der Waals surface area contributed by atoms with Crippen LogP contribution in [0.4, 0.5) is 8.78 Å². The largest absolute Gasteiger partial charge is 0.316 e. The van der Waals surface area contributed by atoms with E-state index in [1.165, 1.54) is 6.07 Å². The molecule has 0 bridgehead atoms. The van der Waals surface area contributed by atoms with Crippen LogP contribution in [0.3, 0.4) is 0 Å². The van der Waals surface area contributed by atoms with E-state index in [0.29, 0.717) is 11.5 Å². The van der Waals surface area contributed by atoms with Crippen molar-refractivity contribution in [2.45, 2.75) is 32.1 Å². The Balaban J connectivity index is 2.06. The van der Waals surface area contributed by atoms with Crippen LogP contribution in [0, 0.1) is 17.6 Å². The number of hydrogen-bond donors (Lipinski definition) is 1. The number of rotatable bonds is 5. The molecule has 1 N–H and O–H groups in total. The van der Waals surface area contributed by atoms with Gasteiger partial charge in [-0.25, -0.2) is 8.78 Å². The summed E-state index contributed by atoms with van der Waals surface area (Å²) in [4.78, 5) is 0. The molecule has 1 aliphatic rings. The minimum absolute atomic E-state index is 0.188. The predicted octanol–water partition coefficient (Wildman–Crippen LogP) is 3.24. The van der Waals surface area contributed by atoms with Crippen molar-refractivity contribution in [2.24, 2.45) is 5.92 Å². The van der Waals surface area contributed by atoms with Crippen molar-refractivity contribution in [3.05, 3.63) is 35.4 Å². The van der Waals surface area contributed by atoms with E-state index >= 15 is 0 Å². The van der Waals surface area contributed by atoms with Gasteiger partial charge >= 0.3 is 0 Å². The summed E-state index contributed by atoms with van der Waals surface area (Å²) in [5.74, 6) is -0.991. The molecule has 0 saturated heterocycles. The van der Waals surface area contributed by atoms with Gasteiger partial charge in [0.25, 0.3) is 0 Å². The summed E-state index contributed by atoms with van der Waals surface area (Å²) < 4.78 is 26.9. The fraction of sp³-hybridized carbons (Fsp3) is 0.571. The molecule has 1 nitrogen and oxygen atoms in total. The Labute approximate surface area is 101 Å².